The van der Waals surface area contributed by atoms with Crippen molar-refractivity contribution >= 4 is 17.5 Å². The minimum absolute atomic E-state index is 0.241. The minimum atomic E-state index is -0.504. The number of aliphatic hydroxyl groups excluding tert-OH is 1. The number of carbonyl (C=O) groups is 1. The Morgan fingerprint density at radius 3 is 2.50 bits per heavy atom. The van der Waals surface area contributed by atoms with Crippen molar-refractivity contribution in [1.29, 1.82) is 0 Å². The maximum Gasteiger partial charge on any atom is 0.412 e. The van der Waals surface area contributed by atoms with Crippen LogP contribution in [0.15, 0.2) is 24.3 Å². The number of ether oxygens (including phenoxy) is 1. The lowest BCUT2D eigenvalue weighted by Crippen LogP contribution is -2.27. The van der Waals surface area contributed by atoms with Gasteiger partial charge in [-0.2, -0.15) is 0 Å². The first-order valence-corrected chi connectivity index (χ1v) is 6.86. The van der Waals surface area contributed by atoms with Gasteiger partial charge in [0.25, 0.3) is 0 Å². The van der Waals surface area contributed by atoms with Crippen LogP contribution in [-0.2, 0) is 4.74 Å². The molecule has 1 aromatic rings. The SMILES string of the molecule is CC(C)(C)OC(=O)Nc1ccc(N2CC[C@H](O)C2)cc1. The molecule has 0 saturated carbocycles. The highest BCUT2D eigenvalue weighted by atomic mass is 16.6. The first kappa shape index (κ1) is 14.7. The summed E-state index contributed by atoms with van der Waals surface area (Å²) in [7, 11) is 0. The van der Waals surface area contributed by atoms with Gasteiger partial charge < -0.3 is 14.7 Å². The molecule has 1 aromatic carbocycles. The summed E-state index contributed by atoms with van der Waals surface area (Å²) in [5, 5.41) is 12.2. The van der Waals surface area contributed by atoms with Crippen molar-refractivity contribution in [3.63, 3.8) is 0 Å². The highest BCUT2D eigenvalue weighted by Crippen LogP contribution is 2.22. The van der Waals surface area contributed by atoms with E-state index in [4.69, 9.17) is 4.74 Å². The Kier molecular flexibility index (Phi) is 4.18. The predicted molar refractivity (Wildman–Crippen MR) is 79.1 cm³/mol. The van der Waals surface area contributed by atoms with E-state index in [1.54, 1.807) is 0 Å². The molecule has 2 N–H and O–H groups in total. The van der Waals surface area contributed by atoms with Gasteiger partial charge >= 0.3 is 6.09 Å². The van der Waals surface area contributed by atoms with E-state index >= 15 is 0 Å². The van der Waals surface area contributed by atoms with Gasteiger partial charge in [-0.3, -0.25) is 5.32 Å². The Hall–Kier alpha value is -1.75. The van der Waals surface area contributed by atoms with Gasteiger partial charge in [0.15, 0.2) is 0 Å². The fourth-order valence-electron chi connectivity index (χ4n) is 2.15. The molecule has 1 amide bonds. The molecule has 5 heteroatoms. The predicted octanol–water partition coefficient (Wildman–Crippen LogP) is 2.60. The van der Waals surface area contributed by atoms with Gasteiger partial charge in [-0.25, -0.2) is 4.79 Å². The number of nitrogens with zero attached hydrogens (tertiary/aromatic N) is 1. The van der Waals surface area contributed by atoms with E-state index in [9.17, 15) is 9.90 Å². The lowest BCUT2D eigenvalue weighted by Gasteiger charge is -2.20. The number of amides is 1. The molecule has 1 atom stereocenters. The Morgan fingerprint density at radius 2 is 2.00 bits per heavy atom. The van der Waals surface area contributed by atoms with Crippen molar-refractivity contribution < 1.29 is 14.6 Å². The van der Waals surface area contributed by atoms with E-state index < -0.39 is 11.7 Å². The average Bonchev–Trinajstić information content (AvgIpc) is 2.74. The molecule has 0 aliphatic carbocycles. The molecule has 0 bridgehead atoms. The quantitative estimate of drug-likeness (QED) is 0.873. The van der Waals surface area contributed by atoms with Gasteiger partial charge in [0.2, 0.25) is 0 Å². The van der Waals surface area contributed by atoms with Crippen LogP contribution in [0.4, 0.5) is 16.2 Å². The fraction of sp³-hybridized carbons (Fsp3) is 0.533. The second kappa shape index (κ2) is 5.71. The van der Waals surface area contributed by atoms with Crippen LogP contribution in [-0.4, -0.2) is 36.0 Å². The smallest absolute Gasteiger partial charge is 0.412 e. The Bertz CT molecular complexity index is 465. The van der Waals surface area contributed by atoms with Crippen LogP contribution in [0.25, 0.3) is 0 Å². The van der Waals surface area contributed by atoms with Crippen LogP contribution in [0, 0.1) is 0 Å². The summed E-state index contributed by atoms with van der Waals surface area (Å²) in [4.78, 5) is 13.8. The summed E-state index contributed by atoms with van der Waals surface area (Å²) in [5.41, 5.74) is 1.24. The summed E-state index contributed by atoms with van der Waals surface area (Å²) >= 11 is 0. The van der Waals surface area contributed by atoms with E-state index in [2.05, 4.69) is 10.2 Å². The van der Waals surface area contributed by atoms with Crippen LogP contribution >= 0.6 is 0 Å². The number of aliphatic hydroxyl groups is 1. The second-order valence-electron chi connectivity index (χ2n) is 6.06. The molecule has 5 nitrogen and oxygen atoms in total. The first-order valence-electron chi connectivity index (χ1n) is 6.86. The van der Waals surface area contributed by atoms with E-state index in [0.29, 0.717) is 12.2 Å². The topological polar surface area (TPSA) is 61.8 Å². The lowest BCUT2D eigenvalue weighted by atomic mass is 10.2. The molecule has 20 heavy (non-hydrogen) atoms. The van der Waals surface area contributed by atoms with Crippen LogP contribution in [0.5, 0.6) is 0 Å². The van der Waals surface area contributed by atoms with E-state index in [-0.39, 0.29) is 6.10 Å². The number of nitrogens with one attached hydrogen (secondary N) is 1. The third kappa shape index (κ3) is 4.13. The van der Waals surface area contributed by atoms with Gasteiger partial charge in [0.1, 0.15) is 5.60 Å². The van der Waals surface area contributed by atoms with Crippen molar-refractivity contribution in [3.8, 4) is 0 Å². The molecule has 1 saturated heterocycles. The largest absolute Gasteiger partial charge is 0.444 e. The molecule has 0 unspecified atom stereocenters. The van der Waals surface area contributed by atoms with Crippen molar-refractivity contribution in [2.75, 3.05) is 23.3 Å². The molecule has 1 heterocycles. The molecule has 2 rings (SSSR count). The molecule has 0 aromatic heterocycles. The maximum absolute atomic E-state index is 11.6. The zero-order valence-electron chi connectivity index (χ0n) is 12.2. The molecular formula is C15H22N2O3. The highest BCUT2D eigenvalue weighted by Gasteiger charge is 2.20. The molecule has 1 fully saturated rings. The second-order valence-corrected chi connectivity index (χ2v) is 6.06. The van der Waals surface area contributed by atoms with E-state index in [1.807, 2.05) is 45.0 Å². The summed E-state index contributed by atoms with van der Waals surface area (Å²) in [6.07, 6.45) is 0.106. The molecule has 0 spiro atoms. The average molecular weight is 278 g/mol. The van der Waals surface area contributed by atoms with Crippen LogP contribution < -0.4 is 10.2 Å². The zero-order chi connectivity index (χ0) is 14.8. The van der Waals surface area contributed by atoms with Gasteiger partial charge in [0, 0.05) is 24.5 Å². The summed E-state index contributed by atoms with van der Waals surface area (Å²) in [6.45, 7) is 7.01. The lowest BCUT2D eigenvalue weighted by molar-refractivity contribution is 0.0636. The standard InChI is InChI=1S/C15H22N2O3/c1-15(2,3)20-14(19)16-11-4-6-12(7-5-11)17-9-8-13(18)10-17/h4-7,13,18H,8-10H2,1-3H3,(H,16,19)/t13-/m0/s1. The van der Waals surface area contributed by atoms with Gasteiger partial charge in [-0.15, -0.1) is 0 Å². The maximum atomic E-state index is 11.6. The third-order valence-corrected chi connectivity index (χ3v) is 3.04. The molecule has 110 valence electrons. The Morgan fingerprint density at radius 1 is 1.35 bits per heavy atom. The molecular weight excluding hydrogens is 256 g/mol. The molecule has 1 aliphatic heterocycles. The number of hydrogen-bond donors (Lipinski definition) is 2. The zero-order valence-corrected chi connectivity index (χ0v) is 12.2. The monoisotopic (exact) mass is 278 g/mol. The van der Waals surface area contributed by atoms with Gasteiger partial charge in [-0.05, 0) is 51.5 Å². The van der Waals surface area contributed by atoms with Crippen LogP contribution in [0.3, 0.4) is 0 Å². The van der Waals surface area contributed by atoms with Crippen LogP contribution in [0.2, 0.25) is 0 Å². The molecule has 1 aliphatic rings. The molecule has 0 radical (unpaired) electrons. The van der Waals surface area contributed by atoms with Crippen LogP contribution in [0.1, 0.15) is 27.2 Å². The fourth-order valence-corrected chi connectivity index (χ4v) is 2.15. The van der Waals surface area contributed by atoms with Crippen molar-refractivity contribution in [1.82, 2.24) is 0 Å². The van der Waals surface area contributed by atoms with Gasteiger partial charge in [0.05, 0.1) is 6.10 Å². The van der Waals surface area contributed by atoms with Crippen molar-refractivity contribution in [2.24, 2.45) is 0 Å². The number of β-amino-alcohol motifs (C(OH)–C–C–N with tert-alkyl or cyclic N) is 1. The number of anilines is 2. The van der Waals surface area contributed by atoms with Crippen molar-refractivity contribution in [3.05, 3.63) is 24.3 Å². The minimum Gasteiger partial charge on any atom is -0.444 e. The highest BCUT2D eigenvalue weighted by molar-refractivity contribution is 5.85. The van der Waals surface area contributed by atoms with E-state index in [0.717, 1.165) is 18.7 Å². The first-order chi connectivity index (χ1) is 9.33. The number of carbonyl (C=O) groups excluding carboxylic acids is 1. The summed E-state index contributed by atoms with van der Waals surface area (Å²) in [5.74, 6) is 0. The van der Waals surface area contributed by atoms with E-state index in [1.165, 1.54) is 0 Å². The number of hydrogen-bond acceptors (Lipinski definition) is 4. The Balaban J connectivity index is 1.93. The Labute approximate surface area is 119 Å². The summed E-state index contributed by atoms with van der Waals surface area (Å²) in [6, 6.07) is 7.55. The number of benzene rings is 1. The normalized spacial score (nSPS) is 19.0. The summed E-state index contributed by atoms with van der Waals surface area (Å²) < 4.78 is 5.19. The van der Waals surface area contributed by atoms with Crippen molar-refractivity contribution in [2.45, 2.75) is 38.9 Å². The van der Waals surface area contributed by atoms with Gasteiger partial charge in [-0.1, -0.05) is 0 Å². The number of rotatable bonds is 2. The third-order valence-electron chi connectivity index (χ3n) is 3.04.